The summed E-state index contributed by atoms with van der Waals surface area (Å²) in [5.41, 5.74) is 2.40. The molecule has 2 aromatic carbocycles. The lowest BCUT2D eigenvalue weighted by molar-refractivity contribution is 1.44. The number of nitroso groups, excluding NO2 is 1. The molecule has 0 atom stereocenters. The second-order valence-electron chi connectivity index (χ2n) is 3.30. The maximum Gasteiger partial charge on any atom is 0.117 e. The van der Waals surface area contributed by atoms with Gasteiger partial charge in [-0.05, 0) is 22.9 Å². The Balaban J connectivity index is 2.59. The van der Waals surface area contributed by atoms with Crippen LogP contribution in [0.15, 0.2) is 53.7 Å². The summed E-state index contributed by atoms with van der Waals surface area (Å²) >= 11 is 0. The Hall–Kier alpha value is -2.47. The number of nitrogens with zero attached hydrogens (tertiary/aromatic N) is 2. The van der Waals surface area contributed by atoms with E-state index in [2.05, 4.69) is 5.18 Å². The minimum absolute atomic E-state index is 0.297. The third-order valence-corrected chi connectivity index (χ3v) is 2.31. The van der Waals surface area contributed by atoms with Crippen molar-refractivity contribution in [3.05, 3.63) is 59.0 Å². The highest BCUT2D eigenvalue weighted by molar-refractivity contribution is 5.76. The van der Waals surface area contributed by atoms with E-state index in [1.807, 2.05) is 36.4 Å². The van der Waals surface area contributed by atoms with Crippen molar-refractivity contribution in [2.24, 2.45) is 5.18 Å². The molecule has 0 aliphatic rings. The minimum atomic E-state index is 0.297. The Morgan fingerprint density at radius 2 is 1.81 bits per heavy atom. The van der Waals surface area contributed by atoms with Crippen molar-refractivity contribution in [3.63, 3.8) is 0 Å². The average Bonchev–Trinajstić information content (AvgIpc) is 2.39. The largest absolute Gasteiger partial charge is 0.192 e. The Morgan fingerprint density at radius 1 is 1.06 bits per heavy atom. The molecule has 0 N–H and O–H groups in total. The summed E-state index contributed by atoms with van der Waals surface area (Å²) in [4.78, 5) is 10.7. The molecule has 2 aromatic rings. The lowest BCUT2D eigenvalue weighted by Crippen LogP contribution is -1.80. The maximum absolute atomic E-state index is 10.7. The number of benzene rings is 2. The molecule has 76 valence electrons. The molecule has 0 heterocycles. The van der Waals surface area contributed by atoms with Gasteiger partial charge in [-0.1, -0.05) is 36.4 Å². The third kappa shape index (κ3) is 1.82. The van der Waals surface area contributed by atoms with Gasteiger partial charge in [0.1, 0.15) is 5.69 Å². The van der Waals surface area contributed by atoms with E-state index in [0.29, 0.717) is 11.3 Å². The van der Waals surface area contributed by atoms with Crippen molar-refractivity contribution in [3.8, 4) is 17.2 Å². The quantitative estimate of drug-likeness (QED) is 0.707. The van der Waals surface area contributed by atoms with E-state index in [9.17, 15) is 4.91 Å². The van der Waals surface area contributed by atoms with Gasteiger partial charge in [0, 0.05) is 5.56 Å². The number of hydrogen-bond acceptors (Lipinski definition) is 3. The van der Waals surface area contributed by atoms with Gasteiger partial charge in [-0.25, -0.2) is 0 Å². The highest BCUT2D eigenvalue weighted by atomic mass is 16.3. The Labute approximate surface area is 92.9 Å². The topological polar surface area (TPSA) is 53.2 Å². The van der Waals surface area contributed by atoms with Crippen molar-refractivity contribution in [2.75, 3.05) is 0 Å². The molecule has 3 heteroatoms. The van der Waals surface area contributed by atoms with Gasteiger partial charge in [0.2, 0.25) is 0 Å². The molecule has 3 nitrogen and oxygen atoms in total. The fourth-order valence-corrected chi connectivity index (χ4v) is 1.54. The predicted molar refractivity (Wildman–Crippen MR) is 62.0 cm³/mol. The van der Waals surface area contributed by atoms with E-state index in [0.717, 1.165) is 11.1 Å². The fourth-order valence-electron chi connectivity index (χ4n) is 1.54. The van der Waals surface area contributed by atoms with Crippen LogP contribution in [-0.2, 0) is 0 Å². The van der Waals surface area contributed by atoms with E-state index < -0.39 is 0 Å². The molecule has 0 amide bonds. The monoisotopic (exact) mass is 208 g/mol. The van der Waals surface area contributed by atoms with Gasteiger partial charge in [0.25, 0.3) is 0 Å². The standard InChI is InChI=1S/C13H8N2O/c14-9-10-6-7-12(13(8-10)15-16)11-4-2-1-3-5-11/h1-8H. The number of hydrogen-bond donors (Lipinski definition) is 0. The summed E-state index contributed by atoms with van der Waals surface area (Å²) in [7, 11) is 0. The molecule has 0 saturated carbocycles. The minimum Gasteiger partial charge on any atom is -0.192 e. The maximum atomic E-state index is 10.7. The smallest absolute Gasteiger partial charge is 0.117 e. The molecule has 16 heavy (non-hydrogen) atoms. The van der Waals surface area contributed by atoms with Crippen molar-refractivity contribution in [1.82, 2.24) is 0 Å². The molecule has 0 aliphatic heterocycles. The summed E-state index contributed by atoms with van der Waals surface area (Å²) in [6.45, 7) is 0. The predicted octanol–water partition coefficient (Wildman–Crippen LogP) is 3.62. The molecule has 0 spiro atoms. The second-order valence-corrected chi connectivity index (χ2v) is 3.30. The van der Waals surface area contributed by atoms with Crippen LogP contribution >= 0.6 is 0 Å². The van der Waals surface area contributed by atoms with Gasteiger partial charge in [0.05, 0.1) is 11.6 Å². The molecule has 0 fully saturated rings. The third-order valence-electron chi connectivity index (χ3n) is 2.31. The molecular weight excluding hydrogens is 200 g/mol. The van der Waals surface area contributed by atoms with Gasteiger partial charge in [-0.3, -0.25) is 0 Å². The van der Waals surface area contributed by atoms with E-state index in [1.54, 1.807) is 12.1 Å². The fraction of sp³-hybridized carbons (Fsp3) is 0. The summed E-state index contributed by atoms with van der Waals surface area (Å²) < 4.78 is 0. The molecular formula is C13H8N2O. The van der Waals surface area contributed by atoms with Gasteiger partial charge < -0.3 is 0 Å². The highest BCUT2D eigenvalue weighted by Crippen LogP contribution is 2.30. The molecule has 0 unspecified atom stereocenters. The zero-order chi connectivity index (χ0) is 11.4. The normalized spacial score (nSPS) is 9.44. The van der Waals surface area contributed by atoms with Crippen molar-refractivity contribution in [1.29, 1.82) is 5.26 Å². The van der Waals surface area contributed by atoms with Crippen LogP contribution in [0, 0.1) is 16.2 Å². The van der Waals surface area contributed by atoms with Crippen LogP contribution in [-0.4, -0.2) is 0 Å². The van der Waals surface area contributed by atoms with Crippen LogP contribution in [0.5, 0.6) is 0 Å². The van der Waals surface area contributed by atoms with E-state index in [1.165, 1.54) is 6.07 Å². The SMILES string of the molecule is N#Cc1ccc(-c2ccccc2)c(N=O)c1. The van der Waals surface area contributed by atoms with Crippen LogP contribution in [0.25, 0.3) is 11.1 Å². The first-order valence-electron chi connectivity index (χ1n) is 4.78. The summed E-state index contributed by atoms with van der Waals surface area (Å²) in [6, 6.07) is 16.4. The molecule has 0 aromatic heterocycles. The molecule has 0 bridgehead atoms. The van der Waals surface area contributed by atoms with Gasteiger partial charge >= 0.3 is 0 Å². The van der Waals surface area contributed by atoms with Crippen LogP contribution in [0.2, 0.25) is 0 Å². The van der Waals surface area contributed by atoms with E-state index in [4.69, 9.17) is 5.26 Å². The Morgan fingerprint density at radius 3 is 2.44 bits per heavy atom. The van der Waals surface area contributed by atoms with Gasteiger partial charge in [-0.2, -0.15) is 5.26 Å². The zero-order valence-electron chi connectivity index (χ0n) is 8.42. The van der Waals surface area contributed by atoms with Crippen LogP contribution < -0.4 is 0 Å². The Kier molecular flexibility index (Phi) is 2.75. The summed E-state index contributed by atoms with van der Waals surface area (Å²) in [5, 5.41) is 11.7. The van der Waals surface area contributed by atoms with Crippen molar-refractivity contribution in [2.45, 2.75) is 0 Å². The first kappa shape index (κ1) is 10.1. The van der Waals surface area contributed by atoms with Crippen LogP contribution in [0.1, 0.15) is 5.56 Å². The number of nitriles is 1. The molecule has 0 aliphatic carbocycles. The van der Waals surface area contributed by atoms with E-state index >= 15 is 0 Å². The number of rotatable bonds is 2. The molecule has 0 radical (unpaired) electrons. The lowest BCUT2D eigenvalue weighted by atomic mass is 10.0. The summed E-state index contributed by atoms with van der Waals surface area (Å²) in [6.07, 6.45) is 0. The van der Waals surface area contributed by atoms with Crippen LogP contribution in [0.3, 0.4) is 0 Å². The highest BCUT2D eigenvalue weighted by Gasteiger charge is 2.06. The van der Waals surface area contributed by atoms with Crippen LogP contribution in [0.4, 0.5) is 5.69 Å². The van der Waals surface area contributed by atoms with Crippen molar-refractivity contribution < 1.29 is 0 Å². The first-order valence-corrected chi connectivity index (χ1v) is 4.78. The molecule has 2 rings (SSSR count). The van der Waals surface area contributed by atoms with E-state index in [-0.39, 0.29) is 0 Å². The average molecular weight is 208 g/mol. The van der Waals surface area contributed by atoms with Crippen molar-refractivity contribution >= 4 is 5.69 Å². The first-order chi connectivity index (χ1) is 7.85. The zero-order valence-corrected chi connectivity index (χ0v) is 8.42. The second kappa shape index (κ2) is 4.37. The molecule has 0 saturated heterocycles. The summed E-state index contributed by atoms with van der Waals surface area (Å²) in [5.74, 6) is 0. The lowest BCUT2D eigenvalue weighted by Gasteiger charge is -2.03. The Bertz CT molecular complexity index is 556. The van der Waals surface area contributed by atoms with Gasteiger partial charge in [-0.15, -0.1) is 4.91 Å². The van der Waals surface area contributed by atoms with Gasteiger partial charge in [0.15, 0.2) is 0 Å².